The number of carbonyl (C=O) groups excluding carboxylic acids is 1. The second kappa shape index (κ2) is 9.55. The Labute approximate surface area is 218 Å². The first-order chi connectivity index (χ1) is 16.7. The van der Waals surface area contributed by atoms with Crippen LogP contribution in [0.15, 0.2) is 60.7 Å². The summed E-state index contributed by atoms with van der Waals surface area (Å²) >= 11 is 12.7. The molecule has 5 rings (SSSR count). The van der Waals surface area contributed by atoms with Gasteiger partial charge in [0, 0.05) is 21.4 Å². The Balaban J connectivity index is 1.60. The normalized spacial score (nSPS) is 32.4. The van der Waals surface area contributed by atoms with E-state index in [9.17, 15) is 4.79 Å². The maximum Gasteiger partial charge on any atom is 0.229 e. The van der Waals surface area contributed by atoms with Gasteiger partial charge in [0.05, 0.1) is 24.8 Å². The predicted molar refractivity (Wildman–Crippen MR) is 140 cm³/mol. The highest BCUT2D eigenvalue weighted by molar-refractivity contribution is 6.30. The molecule has 186 valence electrons. The number of carbonyl (C=O) groups is 1. The van der Waals surface area contributed by atoms with Crippen molar-refractivity contribution in [2.75, 3.05) is 6.61 Å². The first-order valence-corrected chi connectivity index (χ1v) is 13.2. The lowest BCUT2D eigenvalue weighted by molar-refractivity contribution is -0.161. The summed E-state index contributed by atoms with van der Waals surface area (Å²) in [6.07, 6.45) is 7.50. The van der Waals surface area contributed by atoms with Gasteiger partial charge < -0.3 is 14.4 Å². The average Bonchev–Trinajstić information content (AvgIpc) is 3.45. The van der Waals surface area contributed by atoms with Crippen LogP contribution in [0.4, 0.5) is 0 Å². The third-order valence-corrected chi connectivity index (χ3v) is 8.17. The van der Waals surface area contributed by atoms with Crippen LogP contribution in [-0.4, -0.2) is 35.3 Å². The van der Waals surface area contributed by atoms with Crippen molar-refractivity contribution in [1.82, 2.24) is 4.90 Å². The van der Waals surface area contributed by atoms with Crippen LogP contribution in [0, 0.1) is 5.41 Å². The quantitative estimate of drug-likeness (QED) is 0.393. The van der Waals surface area contributed by atoms with Gasteiger partial charge in [0.25, 0.3) is 0 Å². The molecule has 1 aliphatic carbocycles. The number of halogens is 2. The lowest BCUT2D eigenvalue weighted by Gasteiger charge is -2.52. The fourth-order valence-corrected chi connectivity index (χ4v) is 6.47. The van der Waals surface area contributed by atoms with Crippen LogP contribution in [0.1, 0.15) is 69.5 Å². The van der Waals surface area contributed by atoms with Crippen molar-refractivity contribution in [1.29, 1.82) is 0 Å². The fourth-order valence-electron chi connectivity index (χ4n) is 6.15. The first-order valence-electron chi connectivity index (χ1n) is 12.5. The Morgan fingerprint density at radius 2 is 1.80 bits per heavy atom. The lowest BCUT2D eigenvalue weighted by atomic mass is 9.66. The maximum atomic E-state index is 14.4. The van der Waals surface area contributed by atoms with Gasteiger partial charge in [-0.15, -0.1) is 0 Å². The molecule has 0 N–H and O–H groups in total. The van der Waals surface area contributed by atoms with Crippen LogP contribution >= 0.6 is 23.2 Å². The summed E-state index contributed by atoms with van der Waals surface area (Å²) in [4.78, 5) is 16.6. The molecule has 2 fully saturated rings. The van der Waals surface area contributed by atoms with Gasteiger partial charge in [0.15, 0.2) is 5.79 Å². The summed E-state index contributed by atoms with van der Waals surface area (Å²) in [5.41, 5.74) is 1.64. The molecule has 0 aromatic heterocycles. The minimum absolute atomic E-state index is 0.0571. The number of rotatable bonds is 5. The summed E-state index contributed by atoms with van der Waals surface area (Å²) in [5, 5.41) is 1.39. The SMILES string of the molecule is CC1(C)OCC(CC2(C)C[C@H](c3cccc(Cl)c3)[C@@H](c3ccc(Cl)cc3)N(C3C=CCC3)C2=O)O1. The standard InChI is InChI=1S/C29H33Cl2NO3/c1-28(2)34-18-24(35-28)16-29(3)17-25(20-7-6-8-22(31)15-20)26(19-11-13-21(30)14-12-19)32(27(29)33)23-9-4-5-10-23/h4,6-9,11-15,23-26H,5,10,16-18H2,1-3H3/t23?,24?,25-,26-,29?/m1/s1. The van der Waals surface area contributed by atoms with Crippen LogP contribution in [0.3, 0.4) is 0 Å². The van der Waals surface area contributed by atoms with E-state index in [0.717, 1.165) is 24.0 Å². The molecule has 3 aliphatic rings. The molecule has 6 heteroatoms. The predicted octanol–water partition coefficient (Wildman–Crippen LogP) is 7.32. The molecule has 4 nitrogen and oxygen atoms in total. The number of allylic oxidation sites excluding steroid dienone is 1. The molecular formula is C29H33Cl2NO3. The molecule has 0 bridgehead atoms. The van der Waals surface area contributed by atoms with E-state index in [0.29, 0.717) is 29.5 Å². The zero-order valence-corrected chi connectivity index (χ0v) is 22.1. The zero-order chi connectivity index (χ0) is 24.8. The van der Waals surface area contributed by atoms with E-state index >= 15 is 0 Å². The third kappa shape index (κ3) is 5.04. The molecule has 2 saturated heterocycles. The fraction of sp³-hybridized carbons (Fsp3) is 0.483. The van der Waals surface area contributed by atoms with Crippen molar-refractivity contribution in [2.24, 2.45) is 5.41 Å². The molecule has 5 atom stereocenters. The zero-order valence-electron chi connectivity index (χ0n) is 20.5. The Morgan fingerprint density at radius 1 is 1.03 bits per heavy atom. The van der Waals surface area contributed by atoms with E-state index < -0.39 is 11.2 Å². The van der Waals surface area contributed by atoms with Gasteiger partial charge in [-0.2, -0.15) is 0 Å². The molecule has 0 spiro atoms. The molecule has 2 heterocycles. The van der Waals surface area contributed by atoms with Crippen LogP contribution in [0.5, 0.6) is 0 Å². The largest absolute Gasteiger partial charge is 0.348 e. The molecule has 0 radical (unpaired) electrons. The minimum Gasteiger partial charge on any atom is -0.348 e. The molecule has 3 unspecified atom stereocenters. The number of piperidine rings is 1. The summed E-state index contributed by atoms with van der Waals surface area (Å²) < 4.78 is 12.0. The highest BCUT2D eigenvalue weighted by Crippen LogP contribution is 2.53. The van der Waals surface area contributed by atoms with Gasteiger partial charge >= 0.3 is 0 Å². The summed E-state index contributed by atoms with van der Waals surface area (Å²) in [7, 11) is 0. The van der Waals surface area contributed by atoms with Crippen molar-refractivity contribution in [3.05, 3.63) is 81.9 Å². The highest BCUT2D eigenvalue weighted by Gasteiger charge is 2.53. The number of hydrogen-bond donors (Lipinski definition) is 0. The van der Waals surface area contributed by atoms with E-state index in [-0.39, 0.29) is 30.0 Å². The van der Waals surface area contributed by atoms with Crippen LogP contribution in [0.25, 0.3) is 0 Å². The lowest BCUT2D eigenvalue weighted by Crippen LogP contribution is -2.55. The number of ether oxygens (including phenoxy) is 2. The van der Waals surface area contributed by atoms with E-state index in [1.165, 1.54) is 0 Å². The van der Waals surface area contributed by atoms with Crippen molar-refractivity contribution in [2.45, 2.75) is 76.3 Å². The Morgan fingerprint density at radius 3 is 2.43 bits per heavy atom. The molecule has 2 aromatic rings. The van der Waals surface area contributed by atoms with Gasteiger partial charge in [-0.25, -0.2) is 0 Å². The molecule has 2 aromatic carbocycles. The number of hydrogen-bond acceptors (Lipinski definition) is 3. The van der Waals surface area contributed by atoms with Crippen LogP contribution < -0.4 is 0 Å². The Kier molecular flexibility index (Phi) is 6.78. The topological polar surface area (TPSA) is 38.8 Å². The van der Waals surface area contributed by atoms with E-state index in [2.05, 4.69) is 42.2 Å². The van der Waals surface area contributed by atoms with Crippen molar-refractivity contribution >= 4 is 29.1 Å². The van der Waals surface area contributed by atoms with Crippen molar-refractivity contribution in [3.63, 3.8) is 0 Å². The monoisotopic (exact) mass is 513 g/mol. The van der Waals surface area contributed by atoms with Gasteiger partial charge in [0.2, 0.25) is 5.91 Å². The third-order valence-electron chi connectivity index (χ3n) is 7.68. The van der Waals surface area contributed by atoms with Crippen LogP contribution in [-0.2, 0) is 14.3 Å². The second-order valence-electron chi connectivity index (χ2n) is 10.9. The molecule has 35 heavy (non-hydrogen) atoms. The van der Waals surface area contributed by atoms with E-state index in [1.807, 2.05) is 44.2 Å². The van der Waals surface area contributed by atoms with Gasteiger partial charge in [-0.1, -0.05) is 66.5 Å². The molecular weight excluding hydrogens is 481 g/mol. The summed E-state index contributed by atoms with van der Waals surface area (Å²) in [5.74, 6) is -0.368. The van der Waals surface area contributed by atoms with E-state index in [1.54, 1.807) is 0 Å². The first kappa shape index (κ1) is 24.8. The summed E-state index contributed by atoms with van der Waals surface area (Å²) in [6, 6.07) is 16.0. The maximum absolute atomic E-state index is 14.4. The number of benzene rings is 2. The van der Waals surface area contributed by atoms with Gasteiger partial charge in [-0.3, -0.25) is 4.79 Å². The molecule has 0 saturated carbocycles. The second-order valence-corrected chi connectivity index (χ2v) is 11.7. The number of nitrogens with zero attached hydrogens (tertiary/aromatic N) is 1. The van der Waals surface area contributed by atoms with Gasteiger partial charge in [-0.05, 0) is 74.9 Å². The minimum atomic E-state index is -0.620. The smallest absolute Gasteiger partial charge is 0.229 e. The van der Waals surface area contributed by atoms with Crippen LogP contribution in [0.2, 0.25) is 10.0 Å². The Bertz CT molecular complexity index is 1120. The Hall–Kier alpha value is -1.85. The van der Waals surface area contributed by atoms with Crippen molar-refractivity contribution < 1.29 is 14.3 Å². The van der Waals surface area contributed by atoms with Gasteiger partial charge in [0.1, 0.15) is 0 Å². The average molecular weight is 514 g/mol. The number of likely N-dealkylation sites (tertiary alicyclic amines) is 1. The van der Waals surface area contributed by atoms with Crippen molar-refractivity contribution in [3.8, 4) is 0 Å². The molecule has 2 aliphatic heterocycles. The van der Waals surface area contributed by atoms with E-state index in [4.69, 9.17) is 32.7 Å². The summed E-state index contributed by atoms with van der Waals surface area (Å²) in [6.45, 7) is 6.46. The highest BCUT2D eigenvalue weighted by atomic mass is 35.5. The number of amides is 1. The molecule has 1 amide bonds.